The fourth-order valence-electron chi connectivity index (χ4n) is 3.18. The molecule has 0 saturated carbocycles. The normalized spacial score (nSPS) is 21.8. The molecule has 0 aliphatic carbocycles. The Bertz CT molecular complexity index is 606. The smallest absolute Gasteiger partial charge is 0.254 e. The van der Waals surface area contributed by atoms with Gasteiger partial charge in [-0.25, -0.2) is 4.39 Å². The molecule has 0 radical (unpaired) electrons. The van der Waals surface area contributed by atoms with Crippen LogP contribution in [0.3, 0.4) is 0 Å². The van der Waals surface area contributed by atoms with E-state index >= 15 is 0 Å². The van der Waals surface area contributed by atoms with Crippen LogP contribution in [0.2, 0.25) is 0 Å². The van der Waals surface area contributed by atoms with Crippen molar-refractivity contribution in [3.05, 3.63) is 35.6 Å². The molecule has 1 aliphatic heterocycles. The molecule has 2 rings (SSSR count). The van der Waals surface area contributed by atoms with Gasteiger partial charge in [0.15, 0.2) is 0 Å². The van der Waals surface area contributed by atoms with Crippen LogP contribution >= 0.6 is 0 Å². The van der Waals surface area contributed by atoms with Gasteiger partial charge in [-0.05, 0) is 43.9 Å². The molecule has 3 N–H and O–H groups in total. The third-order valence-electron chi connectivity index (χ3n) is 4.62. The average Bonchev–Trinajstić information content (AvgIpc) is 2.93. The second-order valence-electron chi connectivity index (χ2n) is 6.85. The predicted octanol–water partition coefficient (Wildman–Crippen LogP) is 1.78. The van der Waals surface area contributed by atoms with Crippen LogP contribution in [0.5, 0.6) is 0 Å². The second kappa shape index (κ2) is 7.75. The summed E-state index contributed by atoms with van der Waals surface area (Å²) in [5, 5.41) is 2.70. The standard InChI is InChI=1S/C18H26FN3O2/c1-11(2)16(18(24)22-10-13(9-20)8-12(22)3)21-17(23)14-6-4-5-7-15(14)19/h4-7,11-13,16H,8-10,20H2,1-3H3,(H,21,23). The molecule has 1 heterocycles. The highest BCUT2D eigenvalue weighted by molar-refractivity contribution is 5.97. The molecule has 3 unspecified atom stereocenters. The number of likely N-dealkylation sites (tertiary alicyclic amines) is 1. The quantitative estimate of drug-likeness (QED) is 0.861. The number of benzene rings is 1. The summed E-state index contributed by atoms with van der Waals surface area (Å²) >= 11 is 0. The van der Waals surface area contributed by atoms with Gasteiger partial charge < -0.3 is 16.0 Å². The summed E-state index contributed by atoms with van der Waals surface area (Å²) in [6.45, 7) is 6.87. The Morgan fingerprint density at radius 2 is 2.04 bits per heavy atom. The first-order chi connectivity index (χ1) is 11.3. The first-order valence-corrected chi connectivity index (χ1v) is 8.41. The van der Waals surface area contributed by atoms with Gasteiger partial charge in [-0.2, -0.15) is 0 Å². The number of hydrogen-bond acceptors (Lipinski definition) is 3. The number of carbonyl (C=O) groups is 2. The number of nitrogens with two attached hydrogens (primary N) is 1. The van der Waals surface area contributed by atoms with Gasteiger partial charge >= 0.3 is 0 Å². The Hall–Kier alpha value is -1.95. The summed E-state index contributed by atoms with van der Waals surface area (Å²) in [5.74, 6) is -1.10. The first-order valence-electron chi connectivity index (χ1n) is 8.41. The molecule has 1 aliphatic rings. The molecule has 1 saturated heterocycles. The maximum absolute atomic E-state index is 13.8. The number of carbonyl (C=O) groups excluding carboxylic acids is 2. The van der Waals surface area contributed by atoms with E-state index in [-0.39, 0.29) is 23.4 Å². The van der Waals surface area contributed by atoms with Crippen LogP contribution in [0.4, 0.5) is 4.39 Å². The molecule has 5 nitrogen and oxygen atoms in total. The van der Waals surface area contributed by atoms with Crippen LogP contribution < -0.4 is 11.1 Å². The van der Waals surface area contributed by atoms with E-state index in [2.05, 4.69) is 5.32 Å². The summed E-state index contributed by atoms with van der Waals surface area (Å²) in [6.07, 6.45) is 0.869. The van der Waals surface area contributed by atoms with Crippen molar-refractivity contribution >= 4 is 11.8 Å². The molecule has 1 aromatic carbocycles. The fraction of sp³-hybridized carbons (Fsp3) is 0.556. The zero-order chi connectivity index (χ0) is 17.9. The van der Waals surface area contributed by atoms with E-state index in [1.165, 1.54) is 18.2 Å². The van der Waals surface area contributed by atoms with Gasteiger partial charge in [-0.15, -0.1) is 0 Å². The van der Waals surface area contributed by atoms with Crippen molar-refractivity contribution in [1.29, 1.82) is 0 Å². The Morgan fingerprint density at radius 1 is 1.38 bits per heavy atom. The maximum atomic E-state index is 13.8. The van der Waals surface area contributed by atoms with Crippen LogP contribution in [0.15, 0.2) is 24.3 Å². The van der Waals surface area contributed by atoms with Gasteiger partial charge in [-0.3, -0.25) is 9.59 Å². The van der Waals surface area contributed by atoms with Gasteiger partial charge in [0.25, 0.3) is 5.91 Å². The molecule has 3 atom stereocenters. The number of halogens is 1. The molecule has 2 amide bonds. The van der Waals surface area contributed by atoms with Crippen molar-refractivity contribution in [2.75, 3.05) is 13.1 Å². The summed E-state index contributed by atoms with van der Waals surface area (Å²) in [6, 6.07) is 5.17. The number of nitrogens with zero attached hydrogens (tertiary/aromatic N) is 1. The Kier molecular flexibility index (Phi) is 5.94. The van der Waals surface area contributed by atoms with Gasteiger partial charge in [0, 0.05) is 12.6 Å². The minimum absolute atomic E-state index is 0.0507. The molecule has 24 heavy (non-hydrogen) atoms. The van der Waals surface area contributed by atoms with E-state index in [0.29, 0.717) is 19.0 Å². The van der Waals surface area contributed by atoms with Crippen LogP contribution in [0, 0.1) is 17.7 Å². The van der Waals surface area contributed by atoms with Crippen molar-refractivity contribution in [2.45, 2.75) is 39.3 Å². The van der Waals surface area contributed by atoms with E-state index in [0.717, 1.165) is 6.42 Å². The van der Waals surface area contributed by atoms with Crippen LogP contribution in [0.25, 0.3) is 0 Å². The molecule has 132 valence electrons. The van der Waals surface area contributed by atoms with Gasteiger partial charge in [0.05, 0.1) is 5.56 Å². The topological polar surface area (TPSA) is 75.4 Å². The number of amides is 2. The first kappa shape index (κ1) is 18.4. The van der Waals surface area contributed by atoms with Crippen LogP contribution in [0.1, 0.15) is 37.6 Å². The van der Waals surface area contributed by atoms with Crippen LogP contribution in [-0.2, 0) is 4.79 Å². The monoisotopic (exact) mass is 335 g/mol. The lowest BCUT2D eigenvalue weighted by Gasteiger charge is -2.29. The van der Waals surface area contributed by atoms with E-state index in [4.69, 9.17) is 5.73 Å². The molecule has 1 aromatic rings. The number of hydrogen-bond donors (Lipinski definition) is 2. The lowest BCUT2D eigenvalue weighted by atomic mass is 10.0. The molecule has 6 heteroatoms. The van der Waals surface area contributed by atoms with E-state index < -0.39 is 17.8 Å². The lowest BCUT2D eigenvalue weighted by Crippen LogP contribution is -2.52. The molecule has 0 spiro atoms. The summed E-state index contributed by atoms with van der Waals surface area (Å²) in [4.78, 5) is 27.0. The van der Waals surface area contributed by atoms with E-state index in [9.17, 15) is 14.0 Å². The van der Waals surface area contributed by atoms with E-state index in [1.807, 2.05) is 20.8 Å². The minimum atomic E-state index is -0.684. The molecular formula is C18H26FN3O2. The lowest BCUT2D eigenvalue weighted by molar-refractivity contribution is -0.135. The summed E-state index contributed by atoms with van der Waals surface area (Å²) < 4.78 is 13.8. The third-order valence-corrected chi connectivity index (χ3v) is 4.62. The number of nitrogens with one attached hydrogen (secondary N) is 1. The van der Waals surface area contributed by atoms with Crippen molar-refractivity contribution < 1.29 is 14.0 Å². The van der Waals surface area contributed by atoms with Crippen molar-refractivity contribution in [2.24, 2.45) is 17.6 Å². The van der Waals surface area contributed by atoms with Crippen molar-refractivity contribution in [3.63, 3.8) is 0 Å². The Morgan fingerprint density at radius 3 is 2.58 bits per heavy atom. The molecule has 1 fully saturated rings. The summed E-state index contributed by atoms with van der Waals surface area (Å²) in [7, 11) is 0. The zero-order valence-electron chi connectivity index (χ0n) is 14.5. The Labute approximate surface area is 142 Å². The molecule has 0 aromatic heterocycles. The fourth-order valence-corrected chi connectivity index (χ4v) is 3.18. The Balaban J connectivity index is 2.13. The van der Waals surface area contributed by atoms with Gasteiger partial charge in [-0.1, -0.05) is 26.0 Å². The van der Waals surface area contributed by atoms with E-state index in [1.54, 1.807) is 11.0 Å². The van der Waals surface area contributed by atoms with Crippen LogP contribution in [-0.4, -0.2) is 41.9 Å². The zero-order valence-corrected chi connectivity index (χ0v) is 14.5. The second-order valence-corrected chi connectivity index (χ2v) is 6.85. The number of rotatable bonds is 5. The molecule has 0 bridgehead atoms. The average molecular weight is 335 g/mol. The summed E-state index contributed by atoms with van der Waals surface area (Å²) in [5.41, 5.74) is 5.67. The largest absolute Gasteiger partial charge is 0.340 e. The van der Waals surface area contributed by atoms with Crippen molar-refractivity contribution in [3.8, 4) is 0 Å². The highest BCUT2D eigenvalue weighted by Gasteiger charge is 2.37. The predicted molar refractivity (Wildman–Crippen MR) is 90.8 cm³/mol. The third kappa shape index (κ3) is 3.93. The minimum Gasteiger partial charge on any atom is -0.340 e. The highest BCUT2D eigenvalue weighted by atomic mass is 19.1. The van der Waals surface area contributed by atoms with Gasteiger partial charge in [0.2, 0.25) is 5.91 Å². The SMILES string of the molecule is CC(C)C(NC(=O)c1ccccc1F)C(=O)N1CC(CN)CC1C. The highest BCUT2D eigenvalue weighted by Crippen LogP contribution is 2.24. The molecular weight excluding hydrogens is 309 g/mol. The van der Waals surface area contributed by atoms with Crippen molar-refractivity contribution in [1.82, 2.24) is 10.2 Å². The van der Waals surface area contributed by atoms with Gasteiger partial charge in [0.1, 0.15) is 11.9 Å². The maximum Gasteiger partial charge on any atom is 0.254 e.